The molecule has 1 saturated heterocycles. The second-order valence-corrected chi connectivity index (χ2v) is 6.98. The van der Waals surface area contributed by atoms with Gasteiger partial charge in [-0.15, -0.1) is 0 Å². The van der Waals surface area contributed by atoms with Crippen molar-refractivity contribution in [3.8, 4) is 0 Å². The third-order valence-electron chi connectivity index (χ3n) is 4.90. The van der Waals surface area contributed by atoms with Crippen molar-refractivity contribution in [3.63, 3.8) is 0 Å². The largest absolute Gasteiger partial charge is 0.348 e. The summed E-state index contributed by atoms with van der Waals surface area (Å²) in [6.45, 7) is 10.2. The van der Waals surface area contributed by atoms with Crippen molar-refractivity contribution >= 4 is 5.91 Å². The van der Waals surface area contributed by atoms with Gasteiger partial charge in [-0.25, -0.2) is 4.98 Å². The molecule has 0 radical (unpaired) electrons. The summed E-state index contributed by atoms with van der Waals surface area (Å²) < 4.78 is 1.85. The number of amides is 1. The first-order valence-corrected chi connectivity index (χ1v) is 9.23. The van der Waals surface area contributed by atoms with Crippen molar-refractivity contribution in [3.05, 3.63) is 48.0 Å². The summed E-state index contributed by atoms with van der Waals surface area (Å²) >= 11 is 0. The smallest absolute Gasteiger partial charge is 0.234 e. The monoisotopic (exact) mass is 356 g/mol. The minimum Gasteiger partial charge on any atom is -0.348 e. The van der Waals surface area contributed by atoms with Gasteiger partial charge in [0.05, 0.1) is 19.1 Å². The summed E-state index contributed by atoms with van der Waals surface area (Å²) in [5.74, 6) is 0.0918. The summed E-state index contributed by atoms with van der Waals surface area (Å²) in [4.78, 5) is 20.9. The molecule has 1 N–H and O–H groups in total. The number of hydrogen-bond acceptors (Lipinski definition) is 5. The molecule has 1 atom stereocenters. The van der Waals surface area contributed by atoms with Crippen LogP contribution in [0.3, 0.4) is 0 Å². The highest BCUT2D eigenvalue weighted by atomic mass is 16.2. The number of rotatable bonds is 7. The zero-order valence-corrected chi connectivity index (χ0v) is 15.6. The van der Waals surface area contributed by atoms with E-state index in [0.29, 0.717) is 6.54 Å². The number of aromatic nitrogens is 3. The molecule has 1 fully saturated rings. The fourth-order valence-corrected chi connectivity index (χ4v) is 3.19. The molecule has 1 amide bonds. The number of hydrogen-bond donors (Lipinski definition) is 1. The highest BCUT2D eigenvalue weighted by molar-refractivity contribution is 5.78. The Morgan fingerprint density at radius 3 is 2.46 bits per heavy atom. The first-order chi connectivity index (χ1) is 12.6. The minimum atomic E-state index is 0.0343. The molecule has 1 aliphatic rings. The van der Waals surface area contributed by atoms with Crippen LogP contribution in [0.4, 0.5) is 0 Å². The van der Waals surface area contributed by atoms with E-state index in [4.69, 9.17) is 0 Å². The molecule has 1 aromatic heterocycles. The topological polar surface area (TPSA) is 66.3 Å². The molecule has 0 aliphatic carbocycles. The molecule has 7 nitrogen and oxygen atoms in total. The van der Waals surface area contributed by atoms with Crippen LogP contribution < -0.4 is 5.32 Å². The number of nitrogens with one attached hydrogen (secondary N) is 1. The molecule has 0 bridgehead atoms. The molecule has 1 aliphatic heterocycles. The first-order valence-electron chi connectivity index (χ1n) is 9.23. The van der Waals surface area contributed by atoms with Gasteiger partial charge in [-0.3, -0.25) is 19.3 Å². The molecule has 0 unspecified atom stereocenters. The molecule has 0 spiro atoms. The van der Waals surface area contributed by atoms with Gasteiger partial charge in [0, 0.05) is 32.7 Å². The molecular formula is C19H28N6O. The Labute approximate surface area is 155 Å². The quantitative estimate of drug-likeness (QED) is 0.804. The number of benzene rings is 1. The Kier molecular flexibility index (Phi) is 6.35. The van der Waals surface area contributed by atoms with Crippen molar-refractivity contribution in [2.24, 2.45) is 0 Å². The van der Waals surface area contributed by atoms with Crippen LogP contribution in [0.25, 0.3) is 0 Å². The van der Waals surface area contributed by atoms with E-state index in [-0.39, 0.29) is 11.9 Å². The summed E-state index contributed by atoms with van der Waals surface area (Å²) in [6, 6.07) is 8.35. The van der Waals surface area contributed by atoms with Gasteiger partial charge in [-0.2, -0.15) is 5.10 Å². The van der Waals surface area contributed by atoms with Crippen molar-refractivity contribution < 1.29 is 4.79 Å². The SMILES string of the molecule is Cc1ccc([C@H](C)NC(=O)CN2CCN(CCn3cncn3)CC2)cc1. The van der Waals surface area contributed by atoms with Gasteiger partial charge in [0.25, 0.3) is 0 Å². The molecule has 1 aromatic carbocycles. The third-order valence-corrected chi connectivity index (χ3v) is 4.90. The molecule has 140 valence electrons. The van der Waals surface area contributed by atoms with Crippen LogP contribution >= 0.6 is 0 Å². The third kappa shape index (κ3) is 5.37. The summed E-state index contributed by atoms with van der Waals surface area (Å²) in [6.07, 6.45) is 3.31. The number of nitrogens with zero attached hydrogens (tertiary/aromatic N) is 5. The molecule has 7 heteroatoms. The maximum Gasteiger partial charge on any atom is 0.234 e. The van der Waals surface area contributed by atoms with Crippen LogP contribution in [-0.2, 0) is 11.3 Å². The van der Waals surface area contributed by atoms with Gasteiger partial charge < -0.3 is 5.32 Å². The lowest BCUT2D eigenvalue weighted by Crippen LogP contribution is -2.50. The molecule has 3 rings (SSSR count). The van der Waals surface area contributed by atoms with Gasteiger partial charge in [-0.05, 0) is 19.4 Å². The zero-order valence-electron chi connectivity index (χ0n) is 15.6. The first kappa shape index (κ1) is 18.5. The number of carbonyl (C=O) groups is 1. The molecular weight excluding hydrogens is 328 g/mol. The van der Waals surface area contributed by atoms with Crippen LogP contribution in [0.5, 0.6) is 0 Å². The second-order valence-electron chi connectivity index (χ2n) is 6.98. The lowest BCUT2D eigenvalue weighted by Gasteiger charge is -2.34. The van der Waals surface area contributed by atoms with E-state index in [1.807, 2.05) is 11.6 Å². The Hall–Kier alpha value is -2.25. The van der Waals surface area contributed by atoms with Crippen LogP contribution in [0, 0.1) is 6.92 Å². The highest BCUT2D eigenvalue weighted by Crippen LogP contribution is 2.13. The van der Waals surface area contributed by atoms with E-state index >= 15 is 0 Å². The Balaban J connectivity index is 1.37. The fourth-order valence-electron chi connectivity index (χ4n) is 3.19. The molecule has 0 saturated carbocycles. The standard InChI is InChI=1S/C19H28N6O/c1-16-3-5-18(6-4-16)17(2)22-19(26)13-24-9-7-23(8-10-24)11-12-25-15-20-14-21-25/h3-6,14-15,17H,7-13H2,1-2H3,(H,22,26)/t17-/m0/s1. The predicted octanol–water partition coefficient (Wildman–Crippen LogP) is 1.08. The lowest BCUT2D eigenvalue weighted by atomic mass is 10.1. The average molecular weight is 356 g/mol. The average Bonchev–Trinajstić information content (AvgIpc) is 3.15. The van der Waals surface area contributed by atoms with Crippen LogP contribution in [0.2, 0.25) is 0 Å². The van der Waals surface area contributed by atoms with Crippen LogP contribution in [0.1, 0.15) is 24.1 Å². The van der Waals surface area contributed by atoms with Gasteiger partial charge >= 0.3 is 0 Å². The van der Waals surface area contributed by atoms with Crippen molar-refractivity contribution in [1.29, 1.82) is 0 Å². The van der Waals surface area contributed by atoms with Crippen LogP contribution in [0.15, 0.2) is 36.9 Å². The predicted molar refractivity (Wildman–Crippen MR) is 101 cm³/mol. The van der Waals surface area contributed by atoms with Gasteiger partial charge in [0.2, 0.25) is 5.91 Å². The van der Waals surface area contributed by atoms with E-state index in [1.54, 1.807) is 12.7 Å². The van der Waals surface area contributed by atoms with Crippen LogP contribution in [-0.4, -0.2) is 69.7 Å². The number of aryl methyl sites for hydroxylation is 1. The maximum absolute atomic E-state index is 12.3. The summed E-state index contributed by atoms with van der Waals surface area (Å²) in [5, 5.41) is 7.23. The maximum atomic E-state index is 12.3. The van der Waals surface area contributed by atoms with E-state index < -0.39 is 0 Å². The minimum absolute atomic E-state index is 0.0343. The number of carbonyl (C=O) groups excluding carboxylic acids is 1. The zero-order chi connectivity index (χ0) is 18.4. The molecule has 2 aromatic rings. The lowest BCUT2D eigenvalue weighted by molar-refractivity contribution is -0.123. The van der Waals surface area contributed by atoms with Gasteiger partial charge in [0.1, 0.15) is 12.7 Å². The summed E-state index contributed by atoms with van der Waals surface area (Å²) in [5.41, 5.74) is 2.37. The number of piperazine rings is 1. The second kappa shape index (κ2) is 8.91. The summed E-state index contributed by atoms with van der Waals surface area (Å²) in [7, 11) is 0. The van der Waals surface area contributed by atoms with E-state index in [0.717, 1.165) is 44.8 Å². The van der Waals surface area contributed by atoms with Gasteiger partial charge in [0.15, 0.2) is 0 Å². The molecule has 26 heavy (non-hydrogen) atoms. The van der Waals surface area contributed by atoms with E-state index in [2.05, 4.69) is 56.4 Å². The van der Waals surface area contributed by atoms with E-state index in [1.165, 1.54) is 5.56 Å². The van der Waals surface area contributed by atoms with Crippen molar-refractivity contribution in [1.82, 2.24) is 29.9 Å². The Morgan fingerprint density at radius 2 is 1.81 bits per heavy atom. The Morgan fingerprint density at radius 1 is 1.12 bits per heavy atom. The van der Waals surface area contributed by atoms with Gasteiger partial charge in [-0.1, -0.05) is 29.8 Å². The van der Waals surface area contributed by atoms with Crippen molar-refractivity contribution in [2.75, 3.05) is 39.3 Å². The Bertz CT molecular complexity index is 677. The molecule has 2 heterocycles. The highest BCUT2D eigenvalue weighted by Gasteiger charge is 2.19. The van der Waals surface area contributed by atoms with E-state index in [9.17, 15) is 4.79 Å². The fraction of sp³-hybridized carbons (Fsp3) is 0.526. The normalized spacial score (nSPS) is 17.2. The van der Waals surface area contributed by atoms with Crippen molar-refractivity contribution in [2.45, 2.75) is 26.4 Å².